The largest absolute Gasteiger partial charge is 0.471 e. The predicted octanol–water partition coefficient (Wildman–Crippen LogP) is 2.72. The minimum Gasteiger partial charge on any atom is -0.462 e. The molecule has 0 fully saturated rings. The van der Waals surface area contributed by atoms with Crippen molar-refractivity contribution in [2.45, 2.75) is 26.2 Å². The van der Waals surface area contributed by atoms with E-state index in [-0.39, 0.29) is 31.1 Å². The molecule has 1 aromatic carbocycles. The zero-order chi connectivity index (χ0) is 23.3. The number of amides is 1. The molecular formula is C19H18F3N5O5. The van der Waals surface area contributed by atoms with Crippen molar-refractivity contribution in [1.29, 1.82) is 0 Å². The van der Waals surface area contributed by atoms with Gasteiger partial charge in [0.25, 0.3) is 5.91 Å². The molecule has 0 bridgehead atoms. The van der Waals surface area contributed by atoms with Crippen LogP contribution in [0, 0.1) is 0 Å². The number of hydrogen-bond acceptors (Lipinski definition) is 8. The van der Waals surface area contributed by atoms with Gasteiger partial charge in [0.1, 0.15) is 6.54 Å². The SMILES string of the molecule is CCOC(=O)c1cnn(CC(=O)N(Cc2ccc(-c3noc(C(F)(F)F)n3)cc2)OC)c1. The van der Waals surface area contributed by atoms with E-state index in [0.29, 0.717) is 11.1 Å². The predicted molar refractivity (Wildman–Crippen MR) is 100 cm³/mol. The fourth-order valence-corrected chi connectivity index (χ4v) is 2.62. The van der Waals surface area contributed by atoms with Crippen LogP contribution in [-0.4, -0.2) is 50.6 Å². The number of carbonyl (C=O) groups is 2. The van der Waals surface area contributed by atoms with Gasteiger partial charge in [-0.3, -0.25) is 14.3 Å². The molecule has 2 heterocycles. The van der Waals surface area contributed by atoms with Crippen molar-refractivity contribution in [3.8, 4) is 11.4 Å². The molecule has 170 valence electrons. The summed E-state index contributed by atoms with van der Waals surface area (Å²) in [5.41, 5.74) is 1.16. The Morgan fingerprint density at radius 2 is 1.94 bits per heavy atom. The van der Waals surface area contributed by atoms with Gasteiger partial charge in [-0.05, 0) is 12.5 Å². The normalized spacial score (nSPS) is 11.4. The van der Waals surface area contributed by atoms with Crippen molar-refractivity contribution in [1.82, 2.24) is 25.0 Å². The summed E-state index contributed by atoms with van der Waals surface area (Å²) in [5, 5.41) is 8.36. The average molecular weight is 453 g/mol. The molecule has 0 saturated heterocycles. The zero-order valence-electron chi connectivity index (χ0n) is 17.0. The maximum Gasteiger partial charge on any atom is 0.471 e. The summed E-state index contributed by atoms with van der Waals surface area (Å²) in [7, 11) is 1.32. The molecular weight excluding hydrogens is 435 g/mol. The lowest BCUT2D eigenvalue weighted by molar-refractivity contribution is -0.180. The van der Waals surface area contributed by atoms with Gasteiger partial charge in [-0.15, -0.1) is 0 Å². The molecule has 0 atom stereocenters. The van der Waals surface area contributed by atoms with Crippen molar-refractivity contribution in [3.63, 3.8) is 0 Å². The molecule has 0 aliphatic carbocycles. The Kier molecular flexibility index (Phi) is 6.88. The van der Waals surface area contributed by atoms with Gasteiger partial charge in [-0.1, -0.05) is 29.4 Å². The molecule has 32 heavy (non-hydrogen) atoms. The van der Waals surface area contributed by atoms with E-state index < -0.39 is 23.9 Å². The number of hydroxylamine groups is 2. The van der Waals surface area contributed by atoms with Crippen molar-refractivity contribution < 1.29 is 36.9 Å². The molecule has 0 saturated carbocycles. The number of benzene rings is 1. The number of esters is 1. The molecule has 13 heteroatoms. The minimum atomic E-state index is -4.73. The fraction of sp³-hybridized carbons (Fsp3) is 0.316. The number of carbonyl (C=O) groups excluding carboxylic acids is 2. The van der Waals surface area contributed by atoms with Crippen LogP contribution < -0.4 is 0 Å². The lowest BCUT2D eigenvalue weighted by atomic mass is 10.1. The first-order valence-electron chi connectivity index (χ1n) is 9.25. The standard InChI is InChI=1S/C19H18F3N5O5/c1-3-31-17(29)14-8-23-26(10-14)11-15(28)27(30-2)9-12-4-6-13(7-5-12)16-24-18(32-25-16)19(20,21)22/h4-8,10H,3,9,11H2,1-2H3. The first-order chi connectivity index (χ1) is 15.2. The Hall–Kier alpha value is -3.74. The second kappa shape index (κ2) is 9.60. The van der Waals surface area contributed by atoms with E-state index in [1.807, 2.05) is 0 Å². The highest BCUT2D eigenvalue weighted by Crippen LogP contribution is 2.29. The van der Waals surface area contributed by atoms with Crippen LogP contribution in [0.15, 0.2) is 41.2 Å². The lowest BCUT2D eigenvalue weighted by Gasteiger charge is -2.19. The Balaban J connectivity index is 1.63. The molecule has 10 nitrogen and oxygen atoms in total. The molecule has 0 aliphatic heterocycles. The van der Waals surface area contributed by atoms with Crippen LogP contribution in [0.5, 0.6) is 0 Å². The summed E-state index contributed by atoms with van der Waals surface area (Å²) < 4.78 is 48.1. The number of alkyl halides is 3. The Labute approximate surface area is 179 Å². The molecule has 0 N–H and O–H groups in total. The van der Waals surface area contributed by atoms with Crippen LogP contribution >= 0.6 is 0 Å². The molecule has 0 radical (unpaired) electrons. The quantitative estimate of drug-likeness (QED) is 0.378. The van der Waals surface area contributed by atoms with E-state index in [1.54, 1.807) is 19.1 Å². The van der Waals surface area contributed by atoms with Gasteiger partial charge in [0.2, 0.25) is 5.82 Å². The molecule has 0 aliphatic rings. The smallest absolute Gasteiger partial charge is 0.462 e. The summed E-state index contributed by atoms with van der Waals surface area (Å²) in [5.74, 6) is -2.63. The fourth-order valence-electron chi connectivity index (χ4n) is 2.62. The highest BCUT2D eigenvalue weighted by molar-refractivity contribution is 5.88. The van der Waals surface area contributed by atoms with E-state index in [9.17, 15) is 22.8 Å². The van der Waals surface area contributed by atoms with Gasteiger partial charge < -0.3 is 9.26 Å². The van der Waals surface area contributed by atoms with Gasteiger partial charge in [0, 0.05) is 11.8 Å². The third kappa shape index (κ3) is 5.49. The van der Waals surface area contributed by atoms with E-state index in [1.165, 1.54) is 36.3 Å². The molecule has 0 spiro atoms. The lowest BCUT2D eigenvalue weighted by Crippen LogP contribution is -2.32. The molecule has 2 aromatic heterocycles. The number of rotatable bonds is 8. The zero-order valence-corrected chi connectivity index (χ0v) is 17.0. The second-order valence-corrected chi connectivity index (χ2v) is 6.38. The molecule has 3 aromatic rings. The highest BCUT2D eigenvalue weighted by Gasteiger charge is 2.38. The first-order valence-corrected chi connectivity index (χ1v) is 9.25. The van der Waals surface area contributed by atoms with Crippen molar-refractivity contribution in [2.24, 2.45) is 0 Å². The van der Waals surface area contributed by atoms with Gasteiger partial charge in [0.05, 0.1) is 32.0 Å². The van der Waals surface area contributed by atoms with Crippen LogP contribution in [0.4, 0.5) is 13.2 Å². The number of nitrogens with zero attached hydrogens (tertiary/aromatic N) is 5. The van der Waals surface area contributed by atoms with Crippen molar-refractivity contribution >= 4 is 11.9 Å². The first kappa shape index (κ1) is 22.9. The molecule has 0 unspecified atom stereocenters. The summed E-state index contributed by atoms with van der Waals surface area (Å²) in [6, 6.07) is 6.17. The maximum absolute atomic E-state index is 12.6. The molecule has 1 amide bonds. The highest BCUT2D eigenvalue weighted by atomic mass is 19.4. The van der Waals surface area contributed by atoms with E-state index in [4.69, 9.17) is 9.57 Å². The van der Waals surface area contributed by atoms with Crippen molar-refractivity contribution in [2.75, 3.05) is 13.7 Å². The van der Waals surface area contributed by atoms with Crippen LogP contribution in [-0.2, 0) is 33.6 Å². The van der Waals surface area contributed by atoms with Gasteiger partial charge in [-0.2, -0.15) is 23.3 Å². The number of ether oxygens (including phenoxy) is 1. The van der Waals surface area contributed by atoms with E-state index in [2.05, 4.69) is 19.8 Å². The van der Waals surface area contributed by atoms with E-state index >= 15 is 0 Å². The number of halogens is 3. The van der Waals surface area contributed by atoms with E-state index in [0.717, 1.165) is 5.06 Å². The number of hydrogen-bond donors (Lipinski definition) is 0. The van der Waals surface area contributed by atoms with Gasteiger partial charge >= 0.3 is 18.0 Å². The average Bonchev–Trinajstić information content (AvgIpc) is 3.42. The number of aromatic nitrogens is 4. The van der Waals surface area contributed by atoms with Gasteiger partial charge in [0.15, 0.2) is 0 Å². The third-order valence-electron chi connectivity index (χ3n) is 4.15. The van der Waals surface area contributed by atoms with Crippen LogP contribution in [0.1, 0.15) is 28.7 Å². The summed E-state index contributed by atoms with van der Waals surface area (Å²) in [4.78, 5) is 32.7. The Morgan fingerprint density at radius 1 is 1.22 bits per heavy atom. The summed E-state index contributed by atoms with van der Waals surface area (Å²) in [6.45, 7) is 1.77. The Morgan fingerprint density at radius 3 is 2.53 bits per heavy atom. The van der Waals surface area contributed by atoms with Crippen molar-refractivity contribution in [3.05, 3.63) is 53.7 Å². The van der Waals surface area contributed by atoms with Crippen LogP contribution in [0.2, 0.25) is 0 Å². The maximum atomic E-state index is 12.6. The summed E-state index contributed by atoms with van der Waals surface area (Å²) >= 11 is 0. The van der Waals surface area contributed by atoms with Gasteiger partial charge in [-0.25, -0.2) is 9.86 Å². The second-order valence-electron chi connectivity index (χ2n) is 6.38. The minimum absolute atomic E-state index is 0.0572. The Bertz CT molecular complexity index is 1080. The monoisotopic (exact) mass is 453 g/mol. The van der Waals surface area contributed by atoms with Crippen LogP contribution in [0.3, 0.4) is 0 Å². The molecule has 3 rings (SSSR count). The summed E-state index contributed by atoms with van der Waals surface area (Å²) in [6.07, 6.45) is -2.04. The van der Waals surface area contributed by atoms with Crippen LogP contribution in [0.25, 0.3) is 11.4 Å². The third-order valence-corrected chi connectivity index (χ3v) is 4.15. The topological polar surface area (TPSA) is 113 Å².